The first kappa shape index (κ1) is 20.8. The van der Waals surface area contributed by atoms with E-state index in [0.29, 0.717) is 29.0 Å². The number of benzene rings is 2. The molecular weight excluding hydrogens is 394 g/mol. The van der Waals surface area contributed by atoms with E-state index in [4.69, 9.17) is 4.74 Å². The van der Waals surface area contributed by atoms with Gasteiger partial charge in [-0.15, -0.1) is 0 Å². The van der Waals surface area contributed by atoms with Crippen LogP contribution in [0.1, 0.15) is 47.4 Å². The summed E-state index contributed by atoms with van der Waals surface area (Å²) in [5, 5.41) is 2.82. The summed E-state index contributed by atoms with van der Waals surface area (Å²) in [7, 11) is 0. The second-order valence-corrected chi connectivity index (χ2v) is 7.82. The zero-order valence-corrected chi connectivity index (χ0v) is 17.9. The number of ether oxygens (including phenoxy) is 1. The Morgan fingerprint density at radius 1 is 1.16 bits per heavy atom. The molecule has 0 saturated heterocycles. The van der Waals surface area contributed by atoms with Gasteiger partial charge in [0.1, 0.15) is 5.69 Å². The van der Waals surface area contributed by atoms with Crippen molar-refractivity contribution in [1.29, 1.82) is 0 Å². The van der Waals surface area contributed by atoms with Crippen LogP contribution < -0.4 is 10.9 Å². The minimum absolute atomic E-state index is 0.151. The molecule has 7 nitrogen and oxygen atoms in total. The van der Waals surface area contributed by atoms with Crippen molar-refractivity contribution in [2.75, 3.05) is 5.32 Å². The van der Waals surface area contributed by atoms with Crippen LogP contribution in [-0.4, -0.2) is 27.5 Å². The van der Waals surface area contributed by atoms with Crippen molar-refractivity contribution in [2.24, 2.45) is 0 Å². The number of anilines is 1. The molecule has 1 aliphatic rings. The van der Waals surface area contributed by atoms with Crippen LogP contribution in [-0.2, 0) is 28.9 Å². The van der Waals surface area contributed by atoms with Gasteiger partial charge in [-0.3, -0.25) is 9.59 Å². The third-order valence-corrected chi connectivity index (χ3v) is 5.68. The molecule has 7 heteroatoms. The van der Waals surface area contributed by atoms with Crippen molar-refractivity contribution >= 4 is 28.6 Å². The molecular formula is C24H25N3O4. The number of rotatable bonds is 5. The van der Waals surface area contributed by atoms with Crippen LogP contribution in [0.4, 0.5) is 5.69 Å². The molecule has 1 N–H and O–H groups in total. The topological polar surface area (TPSA) is 90.3 Å². The van der Waals surface area contributed by atoms with E-state index >= 15 is 0 Å². The second kappa shape index (κ2) is 8.34. The van der Waals surface area contributed by atoms with Crippen molar-refractivity contribution in [3.05, 3.63) is 69.1 Å². The Kier molecular flexibility index (Phi) is 5.59. The van der Waals surface area contributed by atoms with Crippen molar-refractivity contribution < 1.29 is 14.3 Å². The van der Waals surface area contributed by atoms with E-state index in [1.165, 1.54) is 11.1 Å². The number of esters is 1. The second-order valence-electron chi connectivity index (χ2n) is 7.82. The van der Waals surface area contributed by atoms with Crippen LogP contribution in [0, 0.1) is 6.92 Å². The maximum absolute atomic E-state index is 12.6. The Balaban J connectivity index is 1.48. The van der Waals surface area contributed by atoms with Gasteiger partial charge in [0.25, 0.3) is 11.5 Å². The largest absolute Gasteiger partial charge is 0.449 e. The lowest BCUT2D eigenvalue weighted by Crippen LogP contribution is -2.30. The van der Waals surface area contributed by atoms with Gasteiger partial charge >= 0.3 is 5.97 Å². The summed E-state index contributed by atoms with van der Waals surface area (Å²) in [5.74, 6) is -1.01. The minimum atomic E-state index is -0.962. The van der Waals surface area contributed by atoms with Gasteiger partial charge in [-0.25, -0.2) is 9.78 Å². The summed E-state index contributed by atoms with van der Waals surface area (Å²) in [4.78, 5) is 41.7. The summed E-state index contributed by atoms with van der Waals surface area (Å²) in [5.41, 5.74) is 4.96. The van der Waals surface area contributed by atoms with Gasteiger partial charge in [0.15, 0.2) is 6.10 Å². The Labute approximate surface area is 180 Å². The third kappa shape index (κ3) is 4.08. The van der Waals surface area contributed by atoms with Crippen molar-refractivity contribution in [1.82, 2.24) is 9.55 Å². The molecule has 1 atom stereocenters. The first-order valence-electron chi connectivity index (χ1n) is 10.5. The van der Waals surface area contributed by atoms with Crippen LogP contribution in [0.3, 0.4) is 0 Å². The van der Waals surface area contributed by atoms with Crippen molar-refractivity contribution in [3.63, 3.8) is 0 Å². The summed E-state index contributed by atoms with van der Waals surface area (Å²) in [6.07, 6.45) is 2.27. The number of aromatic nitrogens is 2. The Morgan fingerprint density at radius 2 is 1.94 bits per heavy atom. The highest BCUT2D eigenvalue weighted by molar-refractivity contribution is 5.98. The summed E-state index contributed by atoms with van der Waals surface area (Å²) in [6, 6.07) is 10.7. The zero-order valence-electron chi connectivity index (χ0n) is 17.9. The molecule has 1 aliphatic carbocycles. The van der Waals surface area contributed by atoms with Gasteiger partial charge in [-0.1, -0.05) is 6.07 Å². The predicted octanol–water partition coefficient (Wildman–Crippen LogP) is 3.40. The summed E-state index contributed by atoms with van der Waals surface area (Å²) >= 11 is 0. The number of nitrogens with zero attached hydrogens (tertiary/aromatic N) is 2. The SMILES string of the molecule is CCn1c(=O)c(C)nc2cc(C(=O)O[C@H](C)C(=O)Nc3ccc4c(c3)CCC4)ccc21. The number of amides is 1. The van der Waals surface area contributed by atoms with Gasteiger partial charge in [-0.2, -0.15) is 0 Å². The lowest BCUT2D eigenvalue weighted by Gasteiger charge is -2.15. The molecule has 3 aromatic rings. The van der Waals surface area contributed by atoms with E-state index in [1.54, 1.807) is 36.6 Å². The van der Waals surface area contributed by atoms with Gasteiger partial charge in [-0.05, 0) is 81.5 Å². The molecule has 1 aromatic heterocycles. The Bertz CT molecular complexity index is 1250. The number of carbonyl (C=O) groups excluding carboxylic acids is 2. The van der Waals surface area contributed by atoms with Gasteiger partial charge in [0.2, 0.25) is 0 Å². The third-order valence-electron chi connectivity index (χ3n) is 5.68. The molecule has 4 rings (SSSR count). The van der Waals surface area contributed by atoms with E-state index in [2.05, 4.69) is 10.3 Å². The smallest absolute Gasteiger partial charge is 0.338 e. The molecule has 0 radical (unpaired) electrons. The van der Waals surface area contributed by atoms with E-state index in [0.717, 1.165) is 19.3 Å². The molecule has 0 spiro atoms. The molecule has 160 valence electrons. The van der Waals surface area contributed by atoms with Gasteiger partial charge in [0.05, 0.1) is 16.6 Å². The van der Waals surface area contributed by atoms with Gasteiger partial charge in [0, 0.05) is 12.2 Å². The monoisotopic (exact) mass is 419 g/mol. The number of aryl methyl sites for hydroxylation is 4. The molecule has 0 saturated carbocycles. The molecule has 0 bridgehead atoms. The number of nitrogens with one attached hydrogen (secondary N) is 1. The number of hydrogen-bond acceptors (Lipinski definition) is 5. The van der Waals surface area contributed by atoms with Crippen LogP contribution in [0.25, 0.3) is 11.0 Å². The maximum atomic E-state index is 12.6. The lowest BCUT2D eigenvalue weighted by atomic mass is 10.1. The zero-order chi connectivity index (χ0) is 22.1. The first-order valence-corrected chi connectivity index (χ1v) is 10.5. The van der Waals surface area contributed by atoms with E-state index in [9.17, 15) is 14.4 Å². The fourth-order valence-corrected chi connectivity index (χ4v) is 3.99. The Morgan fingerprint density at radius 3 is 2.71 bits per heavy atom. The Hall–Kier alpha value is -3.48. The summed E-state index contributed by atoms with van der Waals surface area (Å²) in [6.45, 7) is 5.56. The highest BCUT2D eigenvalue weighted by Crippen LogP contribution is 2.25. The minimum Gasteiger partial charge on any atom is -0.449 e. The van der Waals surface area contributed by atoms with Gasteiger partial charge < -0.3 is 14.6 Å². The molecule has 0 unspecified atom stereocenters. The average Bonchev–Trinajstić information content (AvgIpc) is 3.22. The van der Waals surface area contributed by atoms with Crippen molar-refractivity contribution in [3.8, 4) is 0 Å². The molecule has 0 fully saturated rings. The first-order chi connectivity index (χ1) is 14.9. The molecule has 31 heavy (non-hydrogen) atoms. The number of carbonyl (C=O) groups is 2. The normalized spacial score (nSPS) is 13.6. The fraction of sp³-hybridized carbons (Fsp3) is 0.333. The van der Waals surface area contributed by atoms with Crippen LogP contribution in [0.5, 0.6) is 0 Å². The van der Waals surface area contributed by atoms with Crippen LogP contribution in [0.2, 0.25) is 0 Å². The number of fused-ring (bicyclic) bond motifs is 2. The van der Waals surface area contributed by atoms with E-state index < -0.39 is 12.1 Å². The van der Waals surface area contributed by atoms with E-state index in [1.807, 2.05) is 25.1 Å². The fourth-order valence-electron chi connectivity index (χ4n) is 3.99. The predicted molar refractivity (Wildman–Crippen MR) is 118 cm³/mol. The van der Waals surface area contributed by atoms with E-state index in [-0.39, 0.29) is 17.0 Å². The quantitative estimate of drug-likeness (QED) is 0.640. The highest BCUT2D eigenvalue weighted by Gasteiger charge is 2.21. The average molecular weight is 419 g/mol. The summed E-state index contributed by atoms with van der Waals surface area (Å²) < 4.78 is 6.99. The standard InChI is InChI=1S/C24H25N3O4/c1-4-27-21-11-9-18(13-20(21)25-14(2)23(27)29)24(30)31-15(3)22(28)26-19-10-8-16-6-5-7-17(16)12-19/h8-13,15H,4-7H2,1-3H3,(H,26,28)/t15-/m1/s1. The van der Waals surface area contributed by atoms with Crippen LogP contribution >= 0.6 is 0 Å². The molecule has 1 amide bonds. The lowest BCUT2D eigenvalue weighted by molar-refractivity contribution is -0.123. The maximum Gasteiger partial charge on any atom is 0.338 e. The van der Waals surface area contributed by atoms with Crippen molar-refractivity contribution in [2.45, 2.75) is 52.7 Å². The highest BCUT2D eigenvalue weighted by atomic mass is 16.5. The molecule has 2 aromatic carbocycles. The van der Waals surface area contributed by atoms with Crippen LogP contribution in [0.15, 0.2) is 41.2 Å². The molecule has 0 aliphatic heterocycles. The molecule has 1 heterocycles. The number of hydrogen-bond donors (Lipinski definition) is 1.